The Hall–Kier alpha value is -2.15. The van der Waals surface area contributed by atoms with E-state index in [0.29, 0.717) is 24.8 Å². The molecule has 1 atom stereocenters. The first-order valence-electron chi connectivity index (χ1n) is 7.25. The van der Waals surface area contributed by atoms with Gasteiger partial charge in [0, 0.05) is 38.0 Å². The van der Waals surface area contributed by atoms with Gasteiger partial charge in [0.05, 0.1) is 12.2 Å². The monoisotopic (exact) mass is 288 g/mol. The molecule has 2 aromatic rings. The molecule has 2 N–H and O–H groups in total. The van der Waals surface area contributed by atoms with Crippen molar-refractivity contribution < 1.29 is 4.79 Å². The average Bonchev–Trinajstić information content (AvgIpc) is 3.16. The topological polar surface area (TPSA) is 76.8 Å². The van der Waals surface area contributed by atoms with Gasteiger partial charge in [0.25, 0.3) is 0 Å². The molecule has 3 heterocycles. The van der Waals surface area contributed by atoms with E-state index in [-0.39, 0.29) is 5.91 Å². The minimum atomic E-state index is -0.0436. The summed E-state index contributed by atoms with van der Waals surface area (Å²) in [5.41, 5.74) is 1.10. The Morgan fingerprint density at radius 2 is 2.48 bits per heavy atom. The van der Waals surface area contributed by atoms with Crippen molar-refractivity contribution >= 4 is 11.7 Å². The standard InChI is InChI=1S/C14H20N6O/c1-11-8-16-19(10-11)6-4-14(21)17-13-3-7-20(18-13)12-2-5-15-9-12/h3,7-8,10,12,15H,2,4-6,9H2,1H3,(H,17,18,21)/t12-/m1/s1. The maximum absolute atomic E-state index is 11.9. The smallest absolute Gasteiger partial charge is 0.227 e. The molecule has 0 spiro atoms. The summed E-state index contributed by atoms with van der Waals surface area (Å²) in [7, 11) is 0. The van der Waals surface area contributed by atoms with Gasteiger partial charge in [0.2, 0.25) is 5.91 Å². The van der Waals surface area contributed by atoms with Gasteiger partial charge >= 0.3 is 0 Å². The first kappa shape index (κ1) is 13.8. The Morgan fingerprint density at radius 1 is 1.57 bits per heavy atom. The summed E-state index contributed by atoms with van der Waals surface area (Å²) in [5.74, 6) is 0.571. The second kappa shape index (κ2) is 6.09. The Balaban J connectivity index is 1.50. The van der Waals surface area contributed by atoms with Gasteiger partial charge < -0.3 is 10.6 Å². The fraction of sp³-hybridized carbons (Fsp3) is 0.500. The largest absolute Gasteiger partial charge is 0.315 e. The van der Waals surface area contributed by atoms with Crippen LogP contribution in [0.25, 0.3) is 0 Å². The number of anilines is 1. The van der Waals surface area contributed by atoms with Crippen molar-refractivity contribution in [2.24, 2.45) is 0 Å². The highest BCUT2D eigenvalue weighted by molar-refractivity contribution is 5.89. The molecule has 0 aromatic carbocycles. The quantitative estimate of drug-likeness (QED) is 0.859. The molecule has 1 amide bonds. The number of nitrogens with one attached hydrogen (secondary N) is 2. The molecule has 2 aromatic heterocycles. The number of carbonyl (C=O) groups excluding carboxylic acids is 1. The van der Waals surface area contributed by atoms with E-state index in [1.54, 1.807) is 10.9 Å². The number of amides is 1. The Labute approximate surface area is 123 Å². The molecule has 1 aliphatic rings. The lowest BCUT2D eigenvalue weighted by molar-refractivity contribution is -0.116. The fourth-order valence-corrected chi connectivity index (χ4v) is 2.48. The SMILES string of the molecule is Cc1cnn(CCC(=O)Nc2ccn([C@@H]3CCNC3)n2)c1. The minimum Gasteiger partial charge on any atom is -0.315 e. The zero-order valence-electron chi connectivity index (χ0n) is 12.1. The molecular formula is C14H20N6O. The summed E-state index contributed by atoms with van der Waals surface area (Å²) in [6.07, 6.45) is 7.10. The summed E-state index contributed by atoms with van der Waals surface area (Å²) < 4.78 is 3.70. The first-order valence-corrected chi connectivity index (χ1v) is 7.25. The summed E-state index contributed by atoms with van der Waals surface area (Å²) in [6.45, 7) is 4.52. The van der Waals surface area contributed by atoms with E-state index >= 15 is 0 Å². The summed E-state index contributed by atoms with van der Waals surface area (Å²) in [6, 6.07) is 2.23. The number of hydrogen-bond acceptors (Lipinski definition) is 4. The molecule has 1 saturated heterocycles. The van der Waals surface area contributed by atoms with Crippen LogP contribution >= 0.6 is 0 Å². The molecule has 7 nitrogen and oxygen atoms in total. The van der Waals surface area contributed by atoms with E-state index in [1.165, 1.54) is 0 Å². The maximum atomic E-state index is 11.9. The van der Waals surface area contributed by atoms with Crippen molar-refractivity contribution in [3.63, 3.8) is 0 Å². The predicted octanol–water partition coefficient (Wildman–Crippen LogP) is 0.951. The van der Waals surface area contributed by atoms with Crippen LogP contribution in [-0.4, -0.2) is 38.6 Å². The zero-order valence-corrected chi connectivity index (χ0v) is 12.1. The molecule has 112 valence electrons. The normalized spacial score (nSPS) is 18.0. The van der Waals surface area contributed by atoms with Crippen molar-refractivity contribution in [1.82, 2.24) is 24.9 Å². The van der Waals surface area contributed by atoms with Crippen LogP contribution in [0.3, 0.4) is 0 Å². The second-order valence-electron chi connectivity index (χ2n) is 5.41. The van der Waals surface area contributed by atoms with Gasteiger partial charge in [0.1, 0.15) is 0 Å². The highest BCUT2D eigenvalue weighted by Gasteiger charge is 2.17. The number of hydrogen-bond donors (Lipinski definition) is 2. The van der Waals surface area contributed by atoms with Crippen molar-refractivity contribution in [1.29, 1.82) is 0 Å². The molecule has 0 radical (unpaired) electrons. The van der Waals surface area contributed by atoms with E-state index in [9.17, 15) is 4.79 Å². The third-order valence-corrected chi connectivity index (χ3v) is 3.61. The maximum Gasteiger partial charge on any atom is 0.227 e. The van der Waals surface area contributed by atoms with Crippen molar-refractivity contribution in [2.75, 3.05) is 18.4 Å². The number of nitrogens with zero attached hydrogens (tertiary/aromatic N) is 4. The number of aromatic nitrogens is 4. The number of carbonyl (C=O) groups is 1. The molecule has 0 bridgehead atoms. The Bertz CT molecular complexity index is 611. The molecule has 7 heteroatoms. The Morgan fingerprint density at radius 3 is 3.19 bits per heavy atom. The van der Waals surface area contributed by atoms with Gasteiger partial charge in [-0.05, 0) is 25.5 Å². The fourth-order valence-electron chi connectivity index (χ4n) is 2.48. The molecule has 0 aliphatic carbocycles. The van der Waals surface area contributed by atoms with E-state index in [0.717, 1.165) is 25.1 Å². The summed E-state index contributed by atoms with van der Waals surface area (Å²) in [4.78, 5) is 11.9. The lowest BCUT2D eigenvalue weighted by atomic mass is 10.3. The van der Waals surface area contributed by atoms with Gasteiger partial charge in [-0.2, -0.15) is 10.2 Å². The van der Waals surface area contributed by atoms with E-state index in [2.05, 4.69) is 20.8 Å². The van der Waals surface area contributed by atoms with Gasteiger partial charge in [0.15, 0.2) is 5.82 Å². The lowest BCUT2D eigenvalue weighted by Crippen LogP contribution is -2.17. The predicted molar refractivity (Wildman–Crippen MR) is 79.0 cm³/mol. The Kier molecular flexibility index (Phi) is 4.01. The highest BCUT2D eigenvalue weighted by atomic mass is 16.1. The molecular weight excluding hydrogens is 268 g/mol. The minimum absolute atomic E-state index is 0.0436. The van der Waals surface area contributed by atoms with Crippen LogP contribution in [0.15, 0.2) is 24.7 Å². The van der Waals surface area contributed by atoms with Crippen LogP contribution in [0.5, 0.6) is 0 Å². The van der Waals surface area contributed by atoms with Crippen LogP contribution in [0.1, 0.15) is 24.4 Å². The van der Waals surface area contributed by atoms with Crippen LogP contribution < -0.4 is 10.6 Å². The van der Waals surface area contributed by atoms with Crippen molar-refractivity contribution in [3.05, 3.63) is 30.2 Å². The molecule has 0 saturated carbocycles. The molecule has 1 fully saturated rings. The molecule has 1 aliphatic heterocycles. The van der Waals surface area contributed by atoms with Gasteiger partial charge in [-0.15, -0.1) is 0 Å². The van der Waals surface area contributed by atoms with Crippen molar-refractivity contribution in [2.45, 2.75) is 32.4 Å². The first-order chi connectivity index (χ1) is 10.2. The van der Waals surface area contributed by atoms with E-state index in [1.807, 2.05) is 30.1 Å². The van der Waals surface area contributed by atoms with E-state index < -0.39 is 0 Å². The lowest BCUT2D eigenvalue weighted by Gasteiger charge is -2.08. The number of rotatable bonds is 5. The van der Waals surface area contributed by atoms with Crippen LogP contribution in [0.2, 0.25) is 0 Å². The van der Waals surface area contributed by atoms with Crippen LogP contribution in [0.4, 0.5) is 5.82 Å². The van der Waals surface area contributed by atoms with Gasteiger partial charge in [-0.3, -0.25) is 14.2 Å². The highest BCUT2D eigenvalue weighted by Crippen LogP contribution is 2.15. The van der Waals surface area contributed by atoms with Crippen LogP contribution in [-0.2, 0) is 11.3 Å². The van der Waals surface area contributed by atoms with Crippen LogP contribution in [0, 0.1) is 6.92 Å². The third kappa shape index (κ3) is 3.49. The van der Waals surface area contributed by atoms with Crippen molar-refractivity contribution in [3.8, 4) is 0 Å². The second-order valence-corrected chi connectivity index (χ2v) is 5.41. The molecule has 21 heavy (non-hydrogen) atoms. The summed E-state index contributed by atoms with van der Waals surface area (Å²) >= 11 is 0. The summed E-state index contributed by atoms with van der Waals surface area (Å²) in [5, 5.41) is 14.7. The van der Waals surface area contributed by atoms with E-state index in [4.69, 9.17) is 0 Å². The molecule has 3 rings (SSSR count). The van der Waals surface area contributed by atoms with Gasteiger partial charge in [-0.25, -0.2) is 0 Å². The van der Waals surface area contributed by atoms with Gasteiger partial charge in [-0.1, -0.05) is 0 Å². The third-order valence-electron chi connectivity index (χ3n) is 3.61. The number of aryl methyl sites for hydroxylation is 2. The molecule has 0 unspecified atom stereocenters. The average molecular weight is 288 g/mol. The zero-order chi connectivity index (χ0) is 14.7.